The molecule has 80 valence electrons. The highest BCUT2D eigenvalue weighted by molar-refractivity contribution is 5.12. The van der Waals surface area contributed by atoms with E-state index in [2.05, 4.69) is 25.2 Å². The Hall–Kier alpha value is -0.590. The van der Waals surface area contributed by atoms with Crippen molar-refractivity contribution in [2.24, 2.45) is 0 Å². The summed E-state index contributed by atoms with van der Waals surface area (Å²) in [5, 5.41) is 12.6. The van der Waals surface area contributed by atoms with Crippen LogP contribution in [0, 0.1) is 11.3 Å². The molecule has 1 fully saturated rings. The molecular formula is C11H20N2O. The van der Waals surface area contributed by atoms with Crippen LogP contribution in [-0.4, -0.2) is 23.8 Å². The number of nitriles is 1. The zero-order valence-electron chi connectivity index (χ0n) is 9.55. The third-order valence-corrected chi connectivity index (χ3v) is 2.53. The van der Waals surface area contributed by atoms with Crippen LogP contribution in [0.25, 0.3) is 0 Å². The molecular weight excluding hydrogens is 176 g/mol. The summed E-state index contributed by atoms with van der Waals surface area (Å²) in [6.07, 6.45) is 1.54. The molecule has 0 aliphatic carbocycles. The molecule has 14 heavy (non-hydrogen) atoms. The summed E-state index contributed by atoms with van der Waals surface area (Å²) in [5.74, 6) is 0. The standard InChI is InChI=1S/C11H20N2O/c1-9(2)13-11(8-12)5-6-14-10(3,4)7-11/h9,13H,5-7H2,1-4H3. The molecule has 0 spiro atoms. The van der Waals surface area contributed by atoms with Crippen LogP contribution < -0.4 is 5.32 Å². The van der Waals surface area contributed by atoms with E-state index in [-0.39, 0.29) is 5.60 Å². The van der Waals surface area contributed by atoms with E-state index in [0.717, 1.165) is 12.8 Å². The largest absolute Gasteiger partial charge is 0.375 e. The average Bonchev–Trinajstić information content (AvgIpc) is 2.01. The van der Waals surface area contributed by atoms with Gasteiger partial charge in [-0.1, -0.05) is 0 Å². The topological polar surface area (TPSA) is 45.0 Å². The van der Waals surface area contributed by atoms with Crippen molar-refractivity contribution in [2.45, 2.75) is 57.7 Å². The lowest BCUT2D eigenvalue weighted by Gasteiger charge is -2.42. The van der Waals surface area contributed by atoms with Crippen LogP contribution in [0.2, 0.25) is 0 Å². The van der Waals surface area contributed by atoms with Gasteiger partial charge < -0.3 is 4.74 Å². The highest BCUT2D eigenvalue weighted by Crippen LogP contribution is 2.31. The van der Waals surface area contributed by atoms with Crippen molar-refractivity contribution in [2.75, 3.05) is 6.61 Å². The van der Waals surface area contributed by atoms with Gasteiger partial charge in [0.25, 0.3) is 0 Å². The fraction of sp³-hybridized carbons (Fsp3) is 0.909. The summed E-state index contributed by atoms with van der Waals surface area (Å²) < 4.78 is 5.61. The Morgan fingerprint density at radius 1 is 1.43 bits per heavy atom. The number of nitrogens with zero attached hydrogens (tertiary/aromatic N) is 1. The lowest BCUT2D eigenvalue weighted by molar-refractivity contribution is -0.0771. The second-order valence-corrected chi connectivity index (χ2v) is 5.03. The van der Waals surface area contributed by atoms with Crippen molar-refractivity contribution in [1.82, 2.24) is 5.32 Å². The van der Waals surface area contributed by atoms with Gasteiger partial charge in [0.1, 0.15) is 5.54 Å². The van der Waals surface area contributed by atoms with Gasteiger partial charge >= 0.3 is 0 Å². The zero-order chi connectivity index (χ0) is 10.8. The number of hydrogen-bond donors (Lipinski definition) is 1. The summed E-state index contributed by atoms with van der Waals surface area (Å²) in [6.45, 7) is 8.89. The van der Waals surface area contributed by atoms with Crippen molar-refractivity contribution in [3.63, 3.8) is 0 Å². The van der Waals surface area contributed by atoms with Crippen LogP contribution in [0.5, 0.6) is 0 Å². The lowest BCUT2D eigenvalue weighted by Crippen LogP contribution is -2.55. The summed E-state index contributed by atoms with van der Waals surface area (Å²) in [4.78, 5) is 0. The molecule has 1 aliphatic rings. The SMILES string of the molecule is CC(C)NC1(C#N)CCOC(C)(C)C1. The Morgan fingerprint density at radius 2 is 2.07 bits per heavy atom. The molecule has 0 aromatic carbocycles. The van der Waals surface area contributed by atoms with Crippen molar-refractivity contribution in [3.8, 4) is 6.07 Å². The third-order valence-electron chi connectivity index (χ3n) is 2.53. The highest BCUT2D eigenvalue weighted by atomic mass is 16.5. The van der Waals surface area contributed by atoms with Crippen LogP contribution >= 0.6 is 0 Å². The Morgan fingerprint density at radius 3 is 2.50 bits per heavy atom. The number of rotatable bonds is 2. The monoisotopic (exact) mass is 196 g/mol. The Bertz CT molecular complexity index is 242. The molecule has 1 N–H and O–H groups in total. The van der Waals surface area contributed by atoms with Crippen LogP contribution in [0.15, 0.2) is 0 Å². The maximum absolute atomic E-state index is 9.25. The normalized spacial score (nSPS) is 31.4. The summed E-state index contributed by atoms with van der Waals surface area (Å²) in [7, 11) is 0. The summed E-state index contributed by atoms with van der Waals surface area (Å²) in [6, 6.07) is 2.75. The first kappa shape index (κ1) is 11.5. The fourth-order valence-corrected chi connectivity index (χ4v) is 2.17. The first-order valence-electron chi connectivity index (χ1n) is 5.22. The van der Waals surface area contributed by atoms with Crippen LogP contribution in [-0.2, 0) is 4.74 Å². The van der Waals surface area contributed by atoms with Crippen molar-refractivity contribution in [1.29, 1.82) is 5.26 Å². The Kier molecular flexibility index (Phi) is 3.18. The molecule has 3 nitrogen and oxygen atoms in total. The molecule has 0 bridgehead atoms. The molecule has 0 saturated carbocycles. The van der Waals surface area contributed by atoms with Gasteiger partial charge in [0.2, 0.25) is 0 Å². The zero-order valence-corrected chi connectivity index (χ0v) is 9.55. The van der Waals surface area contributed by atoms with Gasteiger partial charge in [-0.3, -0.25) is 5.32 Å². The molecule has 0 aromatic heterocycles. The molecule has 3 heteroatoms. The van der Waals surface area contributed by atoms with Crippen molar-refractivity contribution >= 4 is 0 Å². The number of nitrogens with one attached hydrogen (secondary N) is 1. The van der Waals surface area contributed by atoms with Crippen molar-refractivity contribution < 1.29 is 4.74 Å². The molecule has 0 aromatic rings. The average molecular weight is 196 g/mol. The first-order chi connectivity index (χ1) is 6.39. The molecule has 1 unspecified atom stereocenters. The van der Waals surface area contributed by atoms with Gasteiger partial charge in [-0.25, -0.2) is 0 Å². The minimum Gasteiger partial charge on any atom is -0.375 e. The van der Waals surface area contributed by atoms with Crippen molar-refractivity contribution in [3.05, 3.63) is 0 Å². The van der Waals surface area contributed by atoms with Gasteiger partial charge in [0.05, 0.1) is 18.3 Å². The van der Waals surface area contributed by atoms with Gasteiger partial charge in [-0.05, 0) is 27.7 Å². The van der Waals surface area contributed by atoms with E-state index in [1.165, 1.54) is 0 Å². The molecule has 0 radical (unpaired) electrons. The highest BCUT2D eigenvalue weighted by Gasteiger charge is 2.41. The van der Waals surface area contributed by atoms with E-state index in [1.54, 1.807) is 0 Å². The van der Waals surface area contributed by atoms with Crippen LogP contribution in [0.1, 0.15) is 40.5 Å². The second-order valence-electron chi connectivity index (χ2n) is 5.03. The lowest BCUT2D eigenvalue weighted by atomic mass is 9.82. The molecule has 1 atom stereocenters. The van der Waals surface area contributed by atoms with E-state index in [9.17, 15) is 5.26 Å². The minimum absolute atomic E-state index is 0.185. The number of ether oxygens (including phenoxy) is 1. The van der Waals surface area contributed by atoms with E-state index >= 15 is 0 Å². The minimum atomic E-state index is -0.393. The third kappa shape index (κ3) is 2.70. The number of hydrogen-bond acceptors (Lipinski definition) is 3. The predicted molar refractivity (Wildman–Crippen MR) is 55.9 cm³/mol. The molecule has 1 aliphatic heterocycles. The Labute approximate surface area is 86.4 Å². The summed E-state index contributed by atoms with van der Waals surface area (Å²) in [5.41, 5.74) is -0.578. The molecule has 1 saturated heterocycles. The van der Waals surface area contributed by atoms with E-state index < -0.39 is 5.54 Å². The molecule has 1 heterocycles. The van der Waals surface area contributed by atoms with Crippen LogP contribution in [0.4, 0.5) is 0 Å². The van der Waals surface area contributed by atoms with Crippen LogP contribution in [0.3, 0.4) is 0 Å². The predicted octanol–water partition coefficient (Wildman–Crippen LogP) is 1.84. The maximum atomic E-state index is 9.25. The van der Waals surface area contributed by atoms with Gasteiger partial charge in [-0.15, -0.1) is 0 Å². The van der Waals surface area contributed by atoms with Gasteiger partial charge in [0.15, 0.2) is 0 Å². The van der Waals surface area contributed by atoms with Gasteiger partial charge in [-0.2, -0.15) is 5.26 Å². The first-order valence-corrected chi connectivity index (χ1v) is 5.22. The van der Waals surface area contributed by atoms with Gasteiger partial charge in [0, 0.05) is 18.9 Å². The van der Waals surface area contributed by atoms with E-state index in [1.807, 2.05) is 13.8 Å². The maximum Gasteiger partial charge on any atom is 0.111 e. The molecule has 0 amide bonds. The fourth-order valence-electron chi connectivity index (χ4n) is 2.17. The molecule has 1 rings (SSSR count). The van der Waals surface area contributed by atoms with E-state index in [0.29, 0.717) is 12.6 Å². The van der Waals surface area contributed by atoms with E-state index in [4.69, 9.17) is 4.74 Å². The second kappa shape index (κ2) is 3.88. The Balaban J connectivity index is 2.75. The quantitative estimate of drug-likeness (QED) is 0.733. The summed E-state index contributed by atoms with van der Waals surface area (Å²) >= 11 is 0. The smallest absolute Gasteiger partial charge is 0.111 e.